The SMILES string of the molecule is COc1ccc(-c2csc(NC(=O)c3ccn(-c4ccccc4)n3)n2)cc1OC. The summed E-state index contributed by atoms with van der Waals surface area (Å²) in [5, 5.41) is 9.50. The number of para-hydroxylation sites is 1. The number of aromatic nitrogens is 3. The Kier molecular flexibility index (Phi) is 5.26. The van der Waals surface area contributed by atoms with Crippen LogP contribution in [0.25, 0.3) is 16.9 Å². The quantitative estimate of drug-likeness (QED) is 0.517. The van der Waals surface area contributed by atoms with Gasteiger partial charge in [-0.3, -0.25) is 10.1 Å². The first-order valence-electron chi connectivity index (χ1n) is 8.78. The average molecular weight is 406 g/mol. The lowest BCUT2D eigenvalue weighted by Gasteiger charge is -2.08. The molecule has 0 bridgehead atoms. The largest absolute Gasteiger partial charge is 0.493 e. The number of nitrogens with one attached hydrogen (secondary N) is 1. The Bertz CT molecular complexity index is 1140. The van der Waals surface area contributed by atoms with Crippen LogP contribution in [0.1, 0.15) is 10.5 Å². The van der Waals surface area contributed by atoms with Crippen LogP contribution in [-0.2, 0) is 0 Å². The van der Waals surface area contributed by atoms with Gasteiger partial charge in [0.2, 0.25) is 0 Å². The average Bonchev–Trinajstić information content (AvgIpc) is 3.44. The molecular weight excluding hydrogens is 388 g/mol. The minimum atomic E-state index is -0.312. The fraction of sp³-hybridized carbons (Fsp3) is 0.0952. The Hall–Kier alpha value is -3.65. The van der Waals surface area contributed by atoms with Gasteiger partial charge in [-0.05, 0) is 36.4 Å². The molecule has 4 rings (SSSR count). The summed E-state index contributed by atoms with van der Waals surface area (Å²) in [6, 6.07) is 16.8. The minimum Gasteiger partial charge on any atom is -0.493 e. The fourth-order valence-corrected chi connectivity index (χ4v) is 3.50. The molecule has 0 aliphatic heterocycles. The molecule has 0 radical (unpaired) electrons. The van der Waals surface area contributed by atoms with E-state index < -0.39 is 0 Å². The molecule has 2 aromatic carbocycles. The summed E-state index contributed by atoms with van der Waals surface area (Å²) in [5.41, 5.74) is 2.81. The standard InChI is InChI=1S/C21H18N4O3S/c1-27-18-9-8-14(12-19(18)28-2)17-13-29-21(22-17)23-20(26)16-10-11-25(24-16)15-6-4-3-5-7-15/h3-13H,1-2H3,(H,22,23,26). The molecule has 29 heavy (non-hydrogen) atoms. The van der Waals surface area contributed by atoms with Gasteiger partial charge in [0.25, 0.3) is 5.91 Å². The summed E-state index contributed by atoms with van der Waals surface area (Å²) in [6.45, 7) is 0. The van der Waals surface area contributed by atoms with Crippen LogP contribution in [0.3, 0.4) is 0 Å². The number of anilines is 1. The van der Waals surface area contributed by atoms with E-state index in [0.717, 1.165) is 16.9 Å². The van der Waals surface area contributed by atoms with E-state index in [0.29, 0.717) is 22.3 Å². The third-order valence-corrected chi connectivity index (χ3v) is 5.00. The normalized spacial score (nSPS) is 10.6. The molecule has 0 unspecified atom stereocenters. The molecule has 4 aromatic rings. The van der Waals surface area contributed by atoms with E-state index in [4.69, 9.17) is 9.47 Å². The van der Waals surface area contributed by atoms with E-state index in [2.05, 4.69) is 15.4 Å². The highest BCUT2D eigenvalue weighted by molar-refractivity contribution is 7.14. The molecule has 0 atom stereocenters. The zero-order chi connectivity index (χ0) is 20.2. The highest BCUT2D eigenvalue weighted by atomic mass is 32.1. The molecule has 8 heteroatoms. The maximum atomic E-state index is 12.5. The van der Waals surface area contributed by atoms with Gasteiger partial charge in [-0.1, -0.05) is 18.2 Å². The molecule has 146 valence electrons. The smallest absolute Gasteiger partial charge is 0.277 e. The molecule has 1 N–H and O–H groups in total. The molecule has 2 aromatic heterocycles. The van der Waals surface area contributed by atoms with Gasteiger partial charge in [-0.15, -0.1) is 11.3 Å². The predicted octanol–water partition coefficient (Wildman–Crippen LogP) is 4.27. The molecule has 1 amide bonds. The van der Waals surface area contributed by atoms with Gasteiger partial charge in [0.15, 0.2) is 22.3 Å². The second-order valence-corrected chi connectivity index (χ2v) is 6.90. The lowest BCUT2D eigenvalue weighted by atomic mass is 10.1. The van der Waals surface area contributed by atoms with Crippen LogP contribution in [0.4, 0.5) is 5.13 Å². The van der Waals surface area contributed by atoms with Crippen molar-refractivity contribution in [2.24, 2.45) is 0 Å². The van der Waals surface area contributed by atoms with Crippen LogP contribution < -0.4 is 14.8 Å². The van der Waals surface area contributed by atoms with Gasteiger partial charge in [-0.25, -0.2) is 9.67 Å². The summed E-state index contributed by atoms with van der Waals surface area (Å²) >= 11 is 1.34. The predicted molar refractivity (Wildman–Crippen MR) is 112 cm³/mol. The third-order valence-electron chi connectivity index (χ3n) is 4.25. The van der Waals surface area contributed by atoms with Gasteiger partial charge in [-0.2, -0.15) is 5.10 Å². The molecule has 0 saturated heterocycles. The molecule has 0 spiro atoms. The van der Waals surface area contributed by atoms with Gasteiger partial charge < -0.3 is 9.47 Å². The summed E-state index contributed by atoms with van der Waals surface area (Å²) in [7, 11) is 3.18. The lowest BCUT2D eigenvalue weighted by molar-refractivity contribution is 0.102. The van der Waals surface area contributed by atoms with Gasteiger partial charge in [0.05, 0.1) is 25.6 Å². The first-order valence-corrected chi connectivity index (χ1v) is 9.66. The molecule has 2 heterocycles. The van der Waals surface area contributed by atoms with Crippen LogP contribution in [-0.4, -0.2) is 34.9 Å². The van der Waals surface area contributed by atoms with E-state index in [1.807, 2.05) is 53.9 Å². The molecule has 7 nitrogen and oxygen atoms in total. The summed E-state index contributed by atoms with van der Waals surface area (Å²) < 4.78 is 12.3. The number of ether oxygens (including phenoxy) is 2. The van der Waals surface area contributed by atoms with Gasteiger partial charge in [0.1, 0.15) is 0 Å². The van der Waals surface area contributed by atoms with Crippen molar-refractivity contribution in [2.75, 3.05) is 19.5 Å². The Morgan fingerprint density at radius 1 is 1.03 bits per heavy atom. The molecule has 0 fully saturated rings. The van der Waals surface area contributed by atoms with E-state index in [-0.39, 0.29) is 5.91 Å². The van der Waals surface area contributed by atoms with Crippen LogP contribution in [0, 0.1) is 0 Å². The van der Waals surface area contributed by atoms with E-state index >= 15 is 0 Å². The number of nitrogens with zero attached hydrogens (tertiary/aromatic N) is 3. The monoisotopic (exact) mass is 406 g/mol. The van der Waals surface area contributed by atoms with Gasteiger partial charge >= 0.3 is 0 Å². The second kappa shape index (κ2) is 8.15. The summed E-state index contributed by atoms with van der Waals surface area (Å²) in [6.07, 6.45) is 1.75. The number of thiazole rings is 1. The van der Waals surface area contributed by atoms with Crippen LogP contribution in [0.5, 0.6) is 11.5 Å². The third kappa shape index (κ3) is 3.97. The van der Waals surface area contributed by atoms with Crippen LogP contribution >= 0.6 is 11.3 Å². The van der Waals surface area contributed by atoms with Crippen molar-refractivity contribution in [3.63, 3.8) is 0 Å². The van der Waals surface area contributed by atoms with Crippen LogP contribution in [0.2, 0.25) is 0 Å². The van der Waals surface area contributed by atoms with E-state index in [1.165, 1.54) is 11.3 Å². The Morgan fingerprint density at radius 3 is 2.59 bits per heavy atom. The van der Waals surface area contributed by atoms with Crippen molar-refractivity contribution in [1.29, 1.82) is 0 Å². The summed E-state index contributed by atoms with van der Waals surface area (Å²) in [5.74, 6) is 0.955. The Balaban J connectivity index is 1.49. The maximum Gasteiger partial charge on any atom is 0.277 e. The molecule has 0 aliphatic rings. The lowest BCUT2D eigenvalue weighted by Crippen LogP contribution is -2.13. The molecular formula is C21H18N4O3S. The number of amides is 1. The topological polar surface area (TPSA) is 78.3 Å². The van der Waals surface area contributed by atoms with Gasteiger partial charge in [0, 0.05) is 17.1 Å². The highest BCUT2D eigenvalue weighted by Gasteiger charge is 2.14. The number of hydrogen-bond donors (Lipinski definition) is 1. The first kappa shape index (κ1) is 18.7. The van der Waals surface area contributed by atoms with Crippen molar-refractivity contribution in [3.05, 3.63) is 71.9 Å². The van der Waals surface area contributed by atoms with Crippen molar-refractivity contribution < 1.29 is 14.3 Å². The maximum absolute atomic E-state index is 12.5. The fourth-order valence-electron chi connectivity index (χ4n) is 2.79. The molecule has 0 aliphatic carbocycles. The zero-order valence-corrected chi connectivity index (χ0v) is 16.6. The number of benzene rings is 2. The van der Waals surface area contributed by atoms with Crippen molar-refractivity contribution in [2.45, 2.75) is 0 Å². The number of carbonyl (C=O) groups is 1. The number of methoxy groups -OCH3 is 2. The summed E-state index contributed by atoms with van der Waals surface area (Å²) in [4.78, 5) is 17.0. The van der Waals surface area contributed by atoms with E-state index in [1.54, 1.807) is 31.2 Å². The Labute approximate surface area is 171 Å². The number of carbonyl (C=O) groups excluding carboxylic acids is 1. The Morgan fingerprint density at radius 2 is 1.83 bits per heavy atom. The van der Waals surface area contributed by atoms with Crippen LogP contribution in [0.15, 0.2) is 66.2 Å². The first-order chi connectivity index (χ1) is 14.2. The molecule has 0 saturated carbocycles. The zero-order valence-electron chi connectivity index (χ0n) is 15.8. The van der Waals surface area contributed by atoms with Crippen molar-refractivity contribution in [1.82, 2.24) is 14.8 Å². The minimum absolute atomic E-state index is 0.312. The highest BCUT2D eigenvalue weighted by Crippen LogP contribution is 2.33. The second-order valence-electron chi connectivity index (χ2n) is 6.04. The number of rotatable bonds is 6. The van der Waals surface area contributed by atoms with E-state index in [9.17, 15) is 4.79 Å². The van der Waals surface area contributed by atoms with Crippen molar-refractivity contribution in [3.8, 4) is 28.4 Å². The van der Waals surface area contributed by atoms with Crippen molar-refractivity contribution >= 4 is 22.4 Å². The number of hydrogen-bond acceptors (Lipinski definition) is 6.